The average molecular weight is 360 g/mol. The number of hydrogen-bond donors (Lipinski definition) is 1. The molecule has 0 amide bonds. The lowest BCUT2D eigenvalue weighted by Gasteiger charge is -2.23. The summed E-state index contributed by atoms with van der Waals surface area (Å²) in [4.78, 5) is 23.4. The van der Waals surface area contributed by atoms with E-state index >= 15 is 0 Å². The lowest BCUT2D eigenvalue weighted by molar-refractivity contribution is -0.432. The smallest absolute Gasteiger partial charge is 0.344 e. The van der Waals surface area contributed by atoms with Gasteiger partial charge in [-0.15, -0.1) is 0 Å². The quantitative estimate of drug-likeness (QED) is 0.647. The third-order valence-corrected chi connectivity index (χ3v) is 4.05. The van der Waals surface area contributed by atoms with Gasteiger partial charge in [-0.2, -0.15) is 0 Å². The van der Waals surface area contributed by atoms with E-state index in [1.165, 1.54) is 20.3 Å². The third kappa shape index (κ3) is 2.73. The molecule has 136 valence electrons. The minimum atomic E-state index is -1.08. The van der Waals surface area contributed by atoms with E-state index in [9.17, 15) is 14.9 Å². The highest BCUT2D eigenvalue weighted by molar-refractivity contribution is 5.52. The van der Waals surface area contributed by atoms with E-state index in [0.29, 0.717) is 22.8 Å². The van der Waals surface area contributed by atoms with E-state index in [2.05, 4.69) is 0 Å². The molecule has 9 nitrogen and oxygen atoms in total. The van der Waals surface area contributed by atoms with Crippen LogP contribution in [0.5, 0.6) is 17.2 Å². The lowest BCUT2D eigenvalue weighted by Crippen LogP contribution is -2.29. The number of allylic oxidation sites excluding steroid dienone is 1. The Bertz CT molecular complexity index is 978. The number of rotatable bonds is 4. The van der Waals surface area contributed by atoms with Gasteiger partial charge < -0.3 is 24.4 Å². The zero-order valence-electron chi connectivity index (χ0n) is 14.3. The molecular formula is C17H16N2O7. The van der Waals surface area contributed by atoms with E-state index in [-0.39, 0.29) is 17.2 Å². The maximum atomic E-state index is 12.4. The van der Waals surface area contributed by atoms with Crippen LogP contribution < -0.4 is 25.6 Å². The van der Waals surface area contributed by atoms with Gasteiger partial charge in [-0.3, -0.25) is 10.1 Å². The van der Waals surface area contributed by atoms with Crippen molar-refractivity contribution in [1.29, 1.82) is 0 Å². The van der Waals surface area contributed by atoms with Crippen LogP contribution in [0.15, 0.2) is 45.1 Å². The van der Waals surface area contributed by atoms with Crippen LogP contribution in [-0.4, -0.2) is 19.1 Å². The molecule has 1 aliphatic heterocycles. The summed E-state index contributed by atoms with van der Waals surface area (Å²) in [5.74, 6) is -0.230. The molecule has 0 spiro atoms. The normalized spacial score (nSPS) is 15.9. The molecule has 2 heterocycles. The molecule has 0 radical (unpaired) electrons. The molecule has 0 saturated heterocycles. The van der Waals surface area contributed by atoms with E-state index in [0.717, 1.165) is 0 Å². The number of methoxy groups -OCH3 is 2. The standard InChI is InChI=1S/C17H16N2O7/c1-8-6-12-14(17(20)25-8)13(15(19(21)22)16(18)26-12)9-4-5-10(23-2)11(7-9)24-3/h4-7,13H,18H2,1-3H3. The van der Waals surface area contributed by atoms with Crippen molar-refractivity contribution >= 4 is 0 Å². The van der Waals surface area contributed by atoms with Crippen molar-refractivity contribution in [2.45, 2.75) is 12.8 Å². The summed E-state index contributed by atoms with van der Waals surface area (Å²) >= 11 is 0. The fourth-order valence-electron chi connectivity index (χ4n) is 2.94. The van der Waals surface area contributed by atoms with Crippen molar-refractivity contribution in [3.8, 4) is 17.2 Å². The summed E-state index contributed by atoms with van der Waals surface area (Å²) in [6, 6.07) is 6.20. The number of nitrogens with two attached hydrogens (primary N) is 1. The molecule has 0 aliphatic carbocycles. The van der Waals surface area contributed by atoms with Crippen LogP contribution in [0.2, 0.25) is 0 Å². The molecule has 1 aromatic carbocycles. The Labute approximate surface area is 147 Å². The van der Waals surface area contributed by atoms with Crippen LogP contribution in [0.4, 0.5) is 0 Å². The summed E-state index contributed by atoms with van der Waals surface area (Å²) < 4.78 is 20.9. The predicted octanol–water partition coefficient (Wildman–Crippen LogP) is 1.89. The number of ether oxygens (including phenoxy) is 3. The minimum absolute atomic E-state index is 0.00344. The van der Waals surface area contributed by atoms with Crippen molar-refractivity contribution in [2.24, 2.45) is 5.73 Å². The topological polar surface area (TPSA) is 127 Å². The van der Waals surface area contributed by atoms with Gasteiger partial charge in [0.05, 0.1) is 24.7 Å². The second-order valence-electron chi connectivity index (χ2n) is 5.58. The SMILES string of the molecule is COc1ccc(C2C([N+](=O)[O-])=C(N)Oc3cc(C)oc(=O)c32)cc1OC. The number of benzene rings is 1. The Morgan fingerprint density at radius 2 is 1.88 bits per heavy atom. The van der Waals surface area contributed by atoms with Crippen LogP contribution in [0.3, 0.4) is 0 Å². The first-order chi connectivity index (χ1) is 12.4. The van der Waals surface area contributed by atoms with Crippen molar-refractivity contribution in [3.63, 3.8) is 0 Å². The van der Waals surface area contributed by atoms with Gasteiger partial charge in [0.2, 0.25) is 0 Å². The van der Waals surface area contributed by atoms with Crippen molar-refractivity contribution in [3.05, 3.63) is 73.3 Å². The Morgan fingerprint density at radius 3 is 2.50 bits per heavy atom. The Kier molecular flexibility index (Phi) is 4.29. The highest BCUT2D eigenvalue weighted by Gasteiger charge is 2.41. The molecule has 0 fully saturated rings. The predicted molar refractivity (Wildman–Crippen MR) is 89.9 cm³/mol. The van der Waals surface area contributed by atoms with Crippen molar-refractivity contribution in [1.82, 2.24) is 0 Å². The van der Waals surface area contributed by atoms with Gasteiger partial charge in [-0.25, -0.2) is 4.79 Å². The molecule has 9 heteroatoms. The van der Waals surface area contributed by atoms with Gasteiger partial charge in [0.15, 0.2) is 11.5 Å². The molecule has 2 N–H and O–H groups in total. The van der Waals surface area contributed by atoms with E-state index in [4.69, 9.17) is 24.4 Å². The van der Waals surface area contributed by atoms with Gasteiger partial charge >= 0.3 is 11.3 Å². The number of nitro groups is 1. The second kappa shape index (κ2) is 6.43. The molecule has 2 aromatic rings. The van der Waals surface area contributed by atoms with E-state index in [1.807, 2.05) is 0 Å². The van der Waals surface area contributed by atoms with Gasteiger partial charge in [0.25, 0.3) is 5.88 Å². The number of nitrogens with zero attached hydrogens (tertiary/aromatic N) is 1. The summed E-state index contributed by atoms with van der Waals surface area (Å²) in [7, 11) is 2.91. The molecule has 26 heavy (non-hydrogen) atoms. The zero-order valence-corrected chi connectivity index (χ0v) is 14.3. The number of hydrogen-bond acceptors (Lipinski definition) is 8. The maximum absolute atomic E-state index is 12.4. The van der Waals surface area contributed by atoms with Gasteiger partial charge in [-0.05, 0) is 24.6 Å². The number of fused-ring (bicyclic) bond motifs is 1. The summed E-state index contributed by atoms with van der Waals surface area (Å²) in [6.07, 6.45) is 0. The molecule has 0 bridgehead atoms. The fraction of sp³-hybridized carbons (Fsp3) is 0.235. The first-order valence-electron chi connectivity index (χ1n) is 7.55. The first kappa shape index (κ1) is 17.3. The van der Waals surface area contributed by atoms with Crippen molar-refractivity contribution in [2.75, 3.05) is 14.2 Å². The first-order valence-corrected chi connectivity index (χ1v) is 7.55. The summed E-state index contributed by atoms with van der Waals surface area (Å²) in [5.41, 5.74) is 5.02. The third-order valence-electron chi connectivity index (χ3n) is 4.05. The molecule has 1 aromatic heterocycles. The molecule has 1 atom stereocenters. The van der Waals surface area contributed by atoms with Crippen LogP contribution in [0, 0.1) is 17.0 Å². The summed E-state index contributed by atoms with van der Waals surface area (Å²) in [5, 5.41) is 11.6. The Hall–Kier alpha value is -3.49. The molecule has 1 aliphatic rings. The Morgan fingerprint density at radius 1 is 1.19 bits per heavy atom. The van der Waals surface area contributed by atoms with Crippen molar-refractivity contribution < 1.29 is 23.6 Å². The monoisotopic (exact) mass is 360 g/mol. The highest BCUT2D eigenvalue weighted by Crippen LogP contribution is 2.42. The molecule has 1 unspecified atom stereocenters. The lowest BCUT2D eigenvalue weighted by atomic mass is 9.87. The maximum Gasteiger partial charge on any atom is 0.344 e. The van der Waals surface area contributed by atoms with Gasteiger partial charge in [0, 0.05) is 6.07 Å². The van der Waals surface area contributed by atoms with E-state index < -0.39 is 22.2 Å². The van der Waals surface area contributed by atoms with Crippen LogP contribution in [0.1, 0.15) is 22.8 Å². The molecular weight excluding hydrogens is 344 g/mol. The van der Waals surface area contributed by atoms with Crippen LogP contribution >= 0.6 is 0 Å². The second-order valence-corrected chi connectivity index (χ2v) is 5.58. The highest BCUT2D eigenvalue weighted by atomic mass is 16.6. The minimum Gasteiger partial charge on any atom is -0.493 e. The fourth-order valence-corrected chi connectivity index (χ4v) is 2.94. The Balaban J connectivity index is 2.30. The van der Waals surface area contributed by atoms with Crippen LogP contribution in [0.25, 0.3) is 0 Å². The van der Waals surface area contributed by atoms with E-state index in [1.54, 1.807) is 25.1 Å². The molecule has 0 saturated carbocycles. The number of aryl methyl sites for hydroxylation is 1. The summed E-state index contributed by atoms with van der Waals surface area (Å²) in [6.45, 7) is 1.57. The van der Waals surface area contributed by atoms with Gasteiger partial charge in [-0.1, -0.05) is 6.07 Å². The largest absolute Gasteiger partial charge is 0.493 e. The average Bonchev–Trinajstić information content (AvgIpc) is 2.59. The zero-order chi connectivity index (χ0) is 19.0. The van der Waals surface area contributed by atoms with Crippen LogP contribution in [-0.2, 0) is 0 Å². The molecule has 3 rings (SSSR count). The van der Waals surface area contributed by atoms with Gasteiger partial charge in [0.1, 0.15) is 17.4 Å².